The predicted octanol–water partition coefficient (Wildman–Crippen LogP) is 3.30. The molecule has 1 aromatic carbocycles. The number of fused-ring (bicyclic) bond motifs is 3. The second-order valence-corrected chi connectivity index (χ2v) is 10.3. The number of carbonyl (C=O) groups excluding carboxylic acids is 1. The molecular weight excluding hydrogens is 514 g/mol. The molecule has 5 heterocycles. The Morgan fingerprint density at radius 2 is 1.95 bits per heavy atom. The lowest BCUT2D eigenvalue weighted by Crippen LogP contribution is -2.51. The van der Waals surface area contributed by atoms with Gasteiger partial charge in [0.15, 0.2) is 11.6 Å². The molecule has 1 saturated heterocycles. The first-order chi connectivity index (χ1) is 18.4. The second kappa shape index (κ2) is 9.76. The van der Waals surface area contributed by atoms with Gasteiger partial charge in [-0.2, -0.15) is 5.10 Å². The number of nitrogens with zero attached hydrogens (tertiary/aromatic N) is 6. The third kappa shape index (κ3) is 4.39. The van der Waals surface area contributed by atoms with E-state index in [9.17, 15) is 18.7 Å². The maximum Gasteiger partial charge on any atom is 0.251 e. The summed E-state index contributed by atoms with van der Waals surface area (Å²) in [6.07, 6.45) is 1.00. The topological polar surface area (TPSA) is 96.6 Å². The average Bonchev–Trinajstić information content (AvgIpc) is 3.52. The highest BCUT2D eigenvalue weighted by atomic mass is 32.1. The molecule has 0 bridgehead atoms. The third-order valence-electron chi connectivity index (χ3n) is 6.67. The molecule has 0 unspecified atom stereocenters. The normalized spacial score (nSPS) is 15.9. The minimum absolute atomic E-state index is 0.111. The van der Waals surface area contributed by atoms with E-state index in [-0.39, 0.29) is 11.6 Å². The molecular formula is C26H24F2N6O3S. The smallest absolute Gasteiger partial charge is 0.251 e. The Labute approximate surface area is 220 Å². The fraction of sp³-hybridized carbons (Fsp3) is 0.308. The largest absolute Gasteiger partial charge is 0.491 e. The number of amides is 1. The Bertz CT molecular complexity index is 1510. The van der Waals surface area contributed by atoms with Crippen LogP contribution in [-0.4, -0.2) is 74.6 Å². The summed E-state index contributed by atoms with van der Waals surface area (Å²) >= 11 is 1.51. The van der Waals surface area contributed by atoms with Crippen molar-refractivity contribution in [2.75, 3.05) is 37.7 Å². The zero-order valence-corrected chi connectivity index (χ0v) is 21.3. The second-order valence-electron chi connectivity index (χ2n) is 9.14. The van der Waals surface area contributed by atoms with Gasteiger partial charge in [-0.3, -0.25) is 4.79 Å². The van der Waals surface area contributed by atoms with Gasteiger partial charge in [-0.15, -0.1) is 11.3 Å². The van der Waals surface area contributed by atoms with Crippen LogP contribution in [0.15, 0.2) is 42.7 Å². The fourth-order valence-electron chi connectivity index (χ4n) is 4.76. The van der Waals surface area contributed by atoms with Crippen molar-refractivity contribution in [2.45, 2.75) is 19.4 Å². The molecule has 9 nitrogen and oxygen atoms in total. The standard InChI is InChI=1S/C26H24F2N6O3S/c1-15(35)26(36)33-9-7-32(8-10-33)23-5-4-20-24(31-23)17-13-22(38-21(17)6-11-37-20)25-29-14-30-34(25)19-3-2-16(27)12-18(19)28/h2-5,12-15,35H,6-11H2,1H3/t15-/m0/s1. The number of rotatable bonds is 4. The first kappa shape index (κ1) is 24.4. The lowest BCUT2D eigenvalue weighted by Gasteiger charge is -2.36. The maximum atomic E-state index is 14.5. The van der Waals surface area contributed by atoms with Crippen LogP contribution in [0.2, 0.25) is 0 Å². The molecule has 1 fully saturated rings. The van der Waals surface area contributed by atoms with Gasteiger partial charge in [0, 0.05) is 49.1 Å². The van der Waals surface area contributed by atoms with E-state index in [1.54, 1.807) is 4.90 Å². The van der Waals surface area contributed by atoms with Gasteiger partial charge in [0.25, 0.3) is 5.91 Å². The summed E-state index contributed by atoms with van der Waals surface area (Å²) in [5.74, 6) is 0.239. The van der Waals surface area contributed by atoms with E-state index in [1.165, 1.54) is 41.4 Å². The Morgan fingerprint density at radius 1 is 1.13 bits per heavy atom. The Kier molecular flexibility index (Phi) is 6.28. The fourth-order valence-corrected chi connectivity index (χ4v) is 5.88. The first-order valence-electron chi connectivity index (χ1n) is 12.2. The van der Waals surface area contributed by atoms with Crippen molar-refractivity contribution in [1.29, 1.82) is 0 Å². The molecule has 0 saturated carbocycles. The van der Waals surface area contributed by atoms with E-state index >= 15 is 0 Å². The lowest BCUT2D eigenvalue weighted by molar-refractivity contribution is -0.139. The highest BCUT2D eigenvalue weighted by Crippen LogP contribution is 2.42. The van der Waals surface area contributed by atoms with Gasteiger partial charge in [-0.1, -0.05) is 0 Å². The van der Waals surface area contributed by atoms with Gasteiger partial charge in [0.05, 0.1) is 11.5 Å². The first-order valence-corrected chi connectivity index (χ1v) is 13.1. The van der Waals surface area contributed by atoms with Gasteiger partial charge < -0.3 is 19.6 Å². The number of halogens is 2. The number of hydrogen-bond donors (Lipinski definition) is 1. The van der Waals surface area contributed by atoms with E-state index in [0.29, 0.717) is 56.5 Å². The highest BCUT2D eigenvalue weighted by molar-refractivity contribution is 7.16. The number of aromatic nitrogens is 4. The van der Waals surface area contributed by atoms with Gasteiger partial charge in [0.2, 0.25) is 0 Å². The van der Waals surface area contributed by atoms with Crippen molar-refractivity contribution in [3.8, 4) is 33.4 Å². The molecule has 1 amide bonds. The van der Waals surface area contributed by atoms with Crippen LogP contribution in [0.25, 0.3) is 27.6 Å². The number of carbonyl (C=O) groups is 1. The van der Waals surface area contributed by atoms with Crippen LogP contribution < -0.4 is 9.64 Å². The molecule has 38 heavy (non-hydrogen) atoms. The summed E-state index contributed by atoms with van der Waals surface area (Å²) in [5, 5.41) is 13.8. The number of aliphatic hydroxyl groups is 1. The Morgan fingerprint density at radius 3 is 2.71 bits per heavy atom. The minimum atomic E-state index is -1.01. The Hall–Kier alpha value is -3.90. The van der Waals surface area contributed by atoms with Crippen LogP contribution in [-0.2, 0) is 11.2 Å². The molecule has 196 valence electrons. The van der Waals surface area contributed by atoms with E-state index in [4.69, 9.17) is 9.72 Å². The van der Waals surface area contributed by atoms with Crippen LogP contribution in [0.3, 0.4) is 0 Å². The van der Waals surface area contributed by atoms with E-state index in [1.807, 2.05) is 18.2 Å². The molecule has 6 rings (SSSR count). The molecule has 2 aliphatic heterocycles. The SMILES string of the molecule is C[C@H](O)C(=O)N1CCN(c2ccc3c(n2)-c2cc(-c4ncnn4-c4ccc(F)cc4F)sc2CCO3)CC1. The van der Waals surface area contributed by atoms with Crippen molar-refractivity contribution in [3.63, 3.8) is 0 Å². The van der Waals surface area contributed by atoms with Gasteiger partial charge in [0.1, 0.15) is 41.2 Å². The quantitative estimate of drug-likeness (QED) is 0.426. The summed E-state index contributed by atoms with van der Waals surface area (Å²) in [5.41, 5.74) is 1.73. The molecule has 12 heteroatoms. The van der Waals surface area contributed by atoms with Crippen molar-refractivity contribution in [3.05, 3.63) is 59.2 Å². The number of thiophene rings is 1. The van der Waals surface area contributed by atoms with E-state index < -0.39 is 17.7 Å². The van der Waals surface area contributed by atoms with Crippen LogP contribution in [0.4, 0.5) is 14.6 Å². The maximum absolute atomic E-state index is 14.5. The van der Waals surface area contributed by atoms with Gasteiger partial charge >= 0.3 is 0 Å². The van der Waals surface area contributed by atoms with Gasteiger partial charge in [-0.05, 0) is 37.3 Å². The van der Waals surface area contributed by atoms with Crippen molar-refractivity contribution >= 4 is 23.1 Å². The molecule has 4 aromatic rings. The monoisotopic (exact) mass is 538 g/mol. The molecule has 1 atom stereocenters. The minimum Gasteiger partial charge on any atom is -0.491 e. The predicted molar refractivity (Wildman–Crippen MR) is 137 cm³/mol. The number of benzene rings is 1. The molecule has 0 aliphatic carbocycles. The number of ether oxygens (including phenoxy) is 1. The molecule has 0 radical (unpaired) electrons. The number of aliphatic hydroxyl groups excluding tert-OH is 1. The lowest BCUT2D eigenvalue weighted by atomic mass is 10.1. The van der Waals surface area contributed by atoms with Crippen molar-refractivity contribution < 1.29 is 23.4 Å². The summed E-state index contributed by atoms with van der Waals surface area (Å²) in [7, 11) is 0. The summed E-state index contributed by atoms with van der Waals surface area (Å²) < 4.78 is 35.3. The Balaban J connectivity index is 1.32. The summed E-state index contributed by atoms with van der Waals surface area (Å²) in [4.78, 5) is 27.1. The van der Waals surface area contributed by atoms with Crippen LogP contribution in [0, 0.1) is 11.6 Å². The highest BCUT2D eigenvalue weighted by Gasteiger charge is 2.27. The summed E-state index contributed by atoms with van der Waals surface area (Å²) in [6.45, 7) is 4.16. The molecule has 2 aliphatic rings. The molecule has 1 N–H and O–H groups in total. The third-order valence-corrected chi connectivity index (χ3v) is 7.86. The molecule has 3 aromatic heterocycles. The van der Waals surface area contributed by atoms with E-state index in [2.05, 4.69) is 15.0 Å². The number of piperazine rings is 1. The summed E-state index contributed by atoms with van der Waals surface area (Å²) in [6, 6.07) is 9.14. The number of hydrogen-bond acceptors (Lipinski definition) is 8. The number of anilines is 1. The zero-order valence-electron chi connectivity index (χ0n) is 20.5. The average molecular weight is 539 g/mol. The molecule has 0 spiro atoms. The van der Waals surface area contributed by atoms with E-state index in [0.717, 1.165) is 27.2 Å². The van der Waals surface area contributed by atoms with Crippen LogP contribution in [0.5, 0.6) is 5.75 Å². The number of pyridine rings is 1. The zero-order chi connectivity index (χ0) is 26.4. The van der Waals surface area contributed by atoms with Crippen LogP contribution in [0.1, 0.15) is 11.8 Å². The van der Waals surface area contributed by atoms with Crippen molar-refractivity contribution in [1.82, 2.24) is 24.6 Å². The van der Waals surface area contributed by atoms with Crippen LogP contribution >= 0.6 is 11.3 Å². The van der Waals surface area contributed by atoms with Gasteiger partial charge in [-0.25, -0.2) is 23.4 Å². The van der Waals surface area contributed by atoms with Crippen molar-refractivity contribution in [2.24, 2.45) is 0 Å².